The molecule has 5 heteroatoms. The van der Waals surface area contributed by atoms with Crippen LogP contribution in [0.15, 0.2) is 42.7 Å². The zero-order valence-corrected chi connectivity index (χ0v) is 13.4. The van der Waals surface area contributed by atoms with Crippen LogP contribution in [0.3, 0.4) is 0 Å². The number of amides is 1. The number of hydrogen-bond acceptors (Lipinski definition) is 4. The molecule has 1 fully saturated rings. The highest BCUT2D eigenvalue weighted by molar-refractivity contribution is 5.95. The van der Waals surface area contributed by atoms with Crippen LogP contribution in [0.5, 0.6) is 0 Å². The van der Waals surface area contributed by atoms with Crippen LogP contribution in [-0.2, 0) is 4.74 Å². The molecule has 2 aromatic rings. The van der Waals surface area contributed by atoms with Gasteiger partial charge in [-0.2, -0.15) is 0 Å². The first-order valence-corrected chi connectivity index (χ1v) is 7.79. The van der Waals surface area contributed by atoms with E-state index in [1.807, 2.05) is 43.0 Å². The fourth-order valence-corrected chi connectivity index (χ4v) is 2.97. The van der Waals surface area contributed by atoms with Gasteiger partial charge in [-0.05, 0) is 37.6 Å². The van der Waals surface area contributed by atoms with E-state index < -0.39 is 0 Å². The lowest BCUT2D eigenvalue weighted by Gasteiger charge is -2.35. The Morgan fingerprint density at radius 3 is 2.43 bits per heavy atom. The van der Waals surface area contributed by atoms with Gasteiger partial charge < -0.3 is 15.4 Å². The molecule has 1 aliphatic heterocycles. The fourth-order valence-electron chi connectivity index (χ4n) is 2.97. The number of carbonyl (C=O) groups is 1. The third kappa shape index (κ3) is 3.35. The summed E-state index contributed by atoms with van der Waals surface area (Å²) < 4.78 is 5.68. The van der Waals surface area contributed by atoms with E-state index in [1.165, 1.54) is 0 Å². The first-order chi connectivity index (χ1) is 11.0. The molecular formula is C18H21N3O2. The quantitative estimate of drug-likeness (QED) is 0.925. The Bertz CT molecular complexity index is 690. The molecule has 0 spiro atoms. The summed E-state index contributed by atoms with van der Waals surface area (Å²) in [6.07, 6.45) is 3.53. The van der Waals surface area contributed by atoms with Crippen molar-refractivity contribution in [1.82, 2.24) is 9.88 Å². The van der Waals surface area contributed by atoms with E-state index in [4.69, 9.17) is 10.5 Å². The number of ether oxygens (including phenoxy) is 1. The number of morpholine rings is 1. The number of nitrogens with two attached hydrogens (primary N) is 1. The lowest BCUT2D eigenvalue weighted by atomic mass is 10.0. The molecule has 120 valence electrons. The summed E-state index contributed by atoms with van der Waals surface area (Å²) in [4.78, 5) is 18.6. The molecule has 1 saturated heterocycles. The Labute approximate surface area is 136 Å². The van der Waals surface area contributed by atoms with Crippen LogP contribution >= 0.6 is 0 Å². The maximum Gasteiger partial charge on any atom is 0.254 e. The average molecular weight is 311 g/mol. The summed E-state index contributed by atoms with van der Waals surface area (Å²) in [5, 5.41) is 0. The normalized spacial score (nSPS) is 21.2. The maximum atomic E-state index is 12.6. The van der Waals surface area contributed by atoms with Crippen LogP contribution in [0, 0.1) is 0 Å². The second-order valence-corrected chi connectivity index (χ2v) is 6.01. The molecule has 1 aromatic heterocycles. The van der Waals surface area contributed by atoms with Crippen molar-refractivity contribution in [2.75, 3.05) is 18.8 Å². The maximum absolute atomic E-state index is 12.6. The summed E-state index contributed by atoms with van der Waals surface area (Å²) >= 11 is 0. The van der Waals surface area contributed by atoms with Gasteiger partial charge in [-0.25, -0.2) is 0 Å². The van der Waals surface area contributed by atoms with Crippen LogP contribution in [-0.4, -0.2) is 41.1 Å². The highest BCUT2D eigenvalue weighted by Crippen LogP contribution is 2.25. The van der Waals surface area contributed by atoms with Crippen LogP contribution in [0.1, 0.15) is 24.2 Å². The largest absolute Gasteiger partial charge is 0.398 e. The molecule has 0 unspecified atom stereocenters. The Hall–Kier alpha value is -2.40. The Balaban J connectivity index is 1.79. The zero-order chi connectivity index (χ0) is 16.4. The molecule has 1 aliphatic rings. The summed E-state index contributed by atoms with van der Waals surface area (Å²) in [6, 6.07) is 9.27. The third-order valence-corrected chi connectivity index (χ3v) is 4.00. The Morgan fingerprint density at radius 1 is 1.17 bits per heavy atom. The number of nitrogens with zero attached hydrogens (tertiary/aromatic N) is 2. The van der Waals surface area contributed by atoms with Crippen molar-refractivity contribution in [3.8, 4) is 11.1 Å². The van der Waals surface area contributed by atoms with Gasteiger partial charge in [0.05, 0.1) is 12.2 Å². The third-order valence-electron chi connectivity index (χ3n) is 4.00. The zero-order valence-electron chi connectivity index (χ0n) is 13.4. The molecule has 0 aliphatic carbocycles. The van der Waals surface area contributed by atoms with Gasteiger partial charge in [0.25, 0.3) is 5.91 Å². The highest BCUT2D eigenvalue weighted by atomic mass is 16.5. The van der Waals surface area contributed by atoms with Crippen molar-refractivity contribution in [2.45, 2.75) is 26.1 Å². The monoisotopic (exact) mass is 311 g/mol. The van der Waals surface area contributed by atoms with Crippen LogP contribution in [0.4, 0.5) is 5.69 Å². The molecule has 0 bridgehead atoms. The van der Waals surface area contributed by atoms with Crippen LogP contribution < -0.4 is 5.73 Å². The minimum atomic E-state index is 0.0395. The number of hydrogen-bond donors (Lipinski definition) is 1. The van der Waals surface area contributed by atoms with Gasteiger partial charge in [-0.1, -0.05) is 12.1 Å². The molecule has 5 nitrogen and oxygen atoms in total. The van der Waals surface area contributed by atoms with Crippen molar-refractivity contribution in [3.63, 3.8) is 0 Å². The lowest BCUT2D eigenvalue weighted by Crippen LogP contribution is -2.48. The van der Waals surface area contributed by atoms with Crippen molar-refractivity contribution in [1.29, 1.82) is 0 Å². The van der Waals surface area contributed by atoms with E-state index in [2.05, 4.69) is 4.98 Å². The number of carbonyl (C=O) groups excluding carboxylic acids is 1. The van der Waals surface area contributed by atoms with E-state index >= 15 is 0 Å². The van der Waals surface area contributed by atoms with Crippen LogP contribution in [0.2, 0.25) is 0 Å². The predicted octanol–water partition coefficient (Wildman–Crippen LogP) is 2.58. The van der Waals surface area contributed by atoms with E-state index in [0.717, 1.165) is 11.1 Å². The fraction of sp³-hybridized carbons (Fsp3) is 0.333. The Morgan fingerprint density at radius 2 is 1.83 bits per heavy atom. The van der Waals surface area contributed by atoms with Gasteiger partial charge in [0.2, 0.25) is 0 Å². The molecule has 1 aromatic carbocycles. The summed E-state index contributed by atoms with van der Waals surface area (Å²) in [5.74, 6) is 0.0395. The van der Waals surface area contributed by atoms with Crippen molar-refractivity contribution < 1.29 is 9.53 Å². The summed E-state index contributed by atoms with van der Waals surface area (Å²) in [5.41, 5.74) is 9.15. The number of nitrogen functional groups attached to an aromatic ring is 1. The molecule has 1 amide bonds. The molecule has 0 radical (unpaired) electrons. The summed E-state index contributed by atoms with van der Waals surface area (Å²) in [7, 11) is 0. The van der Waals surface area contributed by atoms with E-state index in [1.54, 1.807) is 18.5 Å². The molecule has 2 N–H and O–H groups in total. The van der Waals surface area contributed by atoms with Gasteiger partial charge in [0.15, 0.2) is 0 Å². The topological polar surface area (TPSA) is 68.5 Å². The first kappa shape index (κ1) is 15.5. The SMILES string of the molecule is C[C@@H]1CN(C(=O)c2ccc(-c3cnccc3N)cc2)C[C@H](C)O1. The smallest absolute Gasteiger partial charge is 0.254 e. The number of benzene rings is 1. The molecular weight excluding hydrogens is 290 g/mol. The molecule has 3 rings (SSSR count). The minimum absolute atomic E-state index is 0.0395. The average Bonchev–Trinajstić information content (AvgIpc) is 2.54. The molecule has 2 heterocycles. The predicted molar refractivity (Wildman–Crippen MR) is 90.0 cm³/mol. The van der Waals surface area contributed by atoms with Crippen molar-refractivity contribution in [3.05, 3.63) is 48.3 Å². The van der Waals surface area contributed by atoms with Gasteiger partial charge in [0.1, 0.15) is 0 Å². The van der Waals surface area contributed by atoms with E-state index in [9.17, 15) is 4.79 Å². The van der Waals surface area contributed by atoms with Crippen molar-refractivity contribution >= 4 is 11.6 Å². The number of pyridine rings is 1. The number of aromatic nitrogens is 1. The lowest BCUT2D eigenvalue weighted by molar-refractivity contribution is -0.0586. The number of rotatable bonds is 2. The minimum Gasteiger partial charge on any atom is -0.398 e. The Kier molecular flexibility index (Phi) is 4.30. The van der Waals surface area contributed by atoms with E-state index in [-0.39, 0.29) is 18.1 Å². The van der Waals surface area contributed by atoms with Gasteiger partial charge >= 0.3 is 0 Å². The highest BCUT2D eigenvalue weighted by Gasteiger charge is 2.26. The second-order valence-electron chi connectivity index (χ2n) is 6.01. The molecule has 23 heavy (non-hydrogen) atoms. The molecule has 0 saturated carbocycles. The van der Waals surface area contributed by atoms with Gasteiger partial charge in [0, 0.05) is 42.3 Å². The number of anilines is 1. The molecule has 2 atom stereocenters. The van der Waals surface area contributed by atoms with E-state index in [0.29, 0.717) is 24.3 Å². The van der Waals surface area contributed by atoms with Crippen molar-refractivity contribution in [2.24, 2.45) is 0 Å². The first-order valence-electron chi connectivity index (χ1n) is 7.79. The standard InChI is InChI=1S/C18H21N3O2/c1-12-10-21(11-13(2)23-12)18(22)15-5-3-14(4-6-15)16-9-20-8-7-17(16)19/h3-9,12-13H,10-11H2,1-2H3,(H2,19,20)/t12-,13+. The van der Waals surface area contributed by atoms with Crippen LogP contribution in [0.25, 0.3) is 11.1 Å². The summed E-state index contributed by atoms with van der Waals surface area (Å²) in [6.45, 7) is 5.23. The van der Waals surface area contributed by atoms with Gasteiger partial charge in [-0.3, -0.25) is 9.78 Å². The second kappa shape index (κ2) is 6.38. The van der Waals surface area contributed by atoms with Gasteiger partial charge in [-0.15, -0.1) is 0 Å².